The molecule has 2 fully saturated rings. The third-order valence-corrected chi connectivity index (χ3v) is 6.73. The Hall–Kier alpha value is -3.53. The molecular weight excluding hydrogens is 442 g/mol. The zero-order valence-electron chi connectivity index (χ0n) is 17.9. The SMILES string of the molecule is Cc1nc(NCCc2ccc(Cl)cc2)ncc1-c1nnc(N2C[C@@H]3C(c4cn[nH]n4)[C@@H]3C2)o1. The van der Waals surface area contributed by atoms with Gasteiger partial charge < -0.3 is 14.6 Å². The minimum absolute atomic E-state index is 0.434. The quantitative estimate of drug-likeness (QED) is 0.425. The molecule has 0 amide bonds. The third-order valence-electron chi connectivity index (χ3n) is 6.47. The van der Waals surface area contributed by atoms with Crippen molar-refractivity contribution >= 4 is 23.6 Å². The Bertz CT molecular complexity index is 1250. The molecule has 10 nitrogen and oxygen atoms in total. The Labute approximate surface area is 194 Å². The molecule has 1 aliphatic carbocycles. The van der Waals surface area contributed by atoms with Gasteiger partial charge in [-0.2, -0.15) is 15.4 Å². The molecule has 4 aromatic rings. The molecule has 11 heteroatoms. The summed E-state index contributed by atoms with van der Waals surface area (Å²) in [4.78, 5) is 11.1. The first-order valence-electron chi connectivity index (χ1n) is 10.9. The number of nitrogens with zero attached hydrogens (tertiary/aromatic N) is 7. The first kappa shape index (κ1) is 20.1. The summed E-state index contributed by atoms with van der Waals surface area (Å²) < 4.78 is 5.98. The zero-order valence-corrected chi connectivity index (χ0v) is 18.7. The van der Waals surface area contributed by atoms with E-state index in [1.54, 1.807) is 6.20 Å². The molecule has 1 aliphatic heterocycles. The minimum atomic E-state index is 0.434. The maximum atomic E-state index is 5.98. The smallest absolute Gasteiger partial charge is 0.318 e. The van der Waals surface area contributed by atoms with Crippen molar-refractivity contribution in [2.24, 2.45) is 11.8 Å². The van der Waals surface area contributed by atoms with Gasteiger partial charge in [-0.1, -0.05) is 28.8 Å². The van der Waals surface area contributed by atoms with Crippen molar-refractivity contribution < 1.29 is 4.42 Å². The van der Waals surface area contributed by atoms with Crippen LogP contribution in [0.5, 0.6) is 0 Å². The molecular formula is C22H22ClN9O. The van der Waals surface area contributed by atoms with Gasteiger partial charge in [0.05, 0.1) is 23.1 Å². The number of benzene rings is 1. The largest absolute Gasteiger partial charge is 0.403 e. The summed E-state index contributed by atoms with van der Waals surface area (Å²) in [5.74, 6) is 2.62. The second-order valence-corrected chi connectivity index (χ2v) is 8.98. The number of piperidine rings is 1. The first-order chi connectivity index (χ1) is 16.2. The Morgan fingerprint density at radius 2 is 1.97 bits per heavy atom. The third kappa shape index (κ3) is 3.91. The zero-order chi connectivity index (χ0) is 22.4. The van der Waals surface area contributed by atoms with E-state index >= 15 is 0 Å². The van der Waals surface area contributed by atoms with Gasteiger partial charge >= 0.3 is 6.01 Å². The summed E-state index contributed by atoms with van der Waals surface area (Å²) in [5, 5.41) is 23.4. The molecule has 3 aromatic heterocycles. The Morgan fingerprint density at radius 3 is 2.70 bits per heavy atom. The number of fused-ring (bicyclic) bond motifs is 1. The highest BCUT2D eigenvalue weighted by Gasteiger charge is 2.58. The lowest BCUT2D eigenvalue weighted by Crippen LogP contribution is -2.23. The van der Waals surface area contributed by atoms with Crippen molar-refractivity contribution in [2.45, 2.75) is 19.3 Å². The van der Waals surface area contributed by atoms with E-state index in [0.29, 0.717) is 35.6 Å². The monoisotopic (exact) mass is 463 g/mol. The van der Waals surface area contributed by atoms with Crippen LogP contribution < -0.4 is 10.2 Å². The Kier molecular flexibility index (Phi) is 4.94. The van der Waals surface area contributed by atoms with Gasteiger partial charge in [-0.15, -0.1) is 5.10 Å². The highest BCUT2D eigenvalue weighted by Crippen LogP contribution is 2.58. The number of hydrogen-bond acceptors (Lipinski definition) is 9. The molecule has 1 unspecified atom stereocenters. The molecule has 2 aliphatic rings. The molecule has 0 radical (unpaired) electrons. The van der Waals surface area contributed by atoms with Gasteiger partial charge in [0, 0.05) is 36.8 Å². The number of rotatable bonds is 7. The summed E-state index contributed by atoms with van der Waals surface area (Å²) in [7, 11) is 0. The van der Waals surface area contributed by atoms with Crippen LogP contribution in [0.4, 0.5) is 12.0 Å². The number of hydrogen-bond donors (Lipinski definition) is 2. The van der Waals surface area contributed by atoms with Crippen LogP contribution in [0, 0.1) is 18.8 Å². The molecule has 1 saturated carbocycles. The van der Waals surface area contributed by atoms with E-state index in [2.05, 4.69) is 45.8 Å². The van der Waals surface area contributed by atoms with E-state index in [-0.39, 0.29) is 0 Å². The number of H-pyrrole nitrogens is 1. The van der Waals surface area contributed by atoms with E-state index in [1.807, 2.05) is 37.4 Å². The Morgan fingerprint density at radius 1 is 1.15 bits per heavy atom. The predicted octanol–water partition coefficient (Wildman–Crippen LogP) is 3.11. The van der Waals surface area contributed by atoms with Crippen molar-refractivity contribution in [1.82, 2.24) is 35.6 Å². The van der Waals surface area contributed by atoms with Crippen molar-refractivity contribution in [3.63, 3.8) is 0 Å². The molecule has 2 N–H and O–H groups in total. The fourth-order valence-electron chi connectivity index (χ4n) is 4.68. The average molecular weight is 464 g/mol. The standard InChI is InChI=1S/C22H22ClN9O/c1-12-15(8-25-21(27-12)24-7-6-13-2-4-14(23)5-3-13)20-29-30-22(33-20)32-10-16-17(11-32)19(16)18-9-26-31-28-18/h2-5,8-9,16-17,19H,6-7,10-11H2,1H3,(H,24,25,27)(H,26,28,31)/t16-,17+,19?. The van der Waals surface area contributed by atoms with Gasteiger partial charge in [0.25, 0.3) is 5.89 Å². The molecule has 33 heavy (non-hydrogen) atoms. The van der Waals surface area contributed by atoms with Crippen LogP contribution in [0.15, 0.2) is 41.1 Å². The second-order valence-electron chi connectivity index (χ2n) is 8.54. The fourth-order valence-corrected chi connectivity index (χ4v) is 4.80. The van der Waals surface area contributed by atoms with Crippen LogP contribution >= 0.6 is 11.6 Å². The lowest BCUT2D eigenvalue weighted by molar-refractivity contribution is 0.543. The van der Waals surface area contributed by atoms with Gasteiger partial charge in [0.15, 0.2) is 0 Å². The van der Waals surface area contributed by atoms with Gasteiger partial charge in [-0.3, -0.25) is 0 Å². The molecule has 0 bridgehead atoms. The summed E-state index contributed by atoms with van der Waals surface area (Å²) in [6.45, 7) is 4.40. The van der Waals surface area contributed by atoms with Crippen molar-refractivity contribution in [2.75, 3.05) is 29.9 Å². The number of anilines is 2. The number of aromatic amines is 1. The van der Waals surface area contributed by atoms with Gasteiger partial charge in [0.2, 0.25) is 5.95 Å². The molecule has 0 spiro atoms. The maximum Gasteiger partial charge on any atom is 0.318 e. The first-order valence-corrected chi connectivity index (χ1v) is 11.3. The summed E-state index contributed by atoms with van der Waals surface area (Å²) in [6.07, 6.45) is 4.40. The summed E-state index contributed by atoms with van der Waals surface area (Å²) in [5.41, 5.74) is 3.77. The molecule has 6 rings (SSSR count). The number of aromatic nitrogens is 7. The van der Waals surface area contributed by atoms with E-state index in [4.69, 9.17) is 16.0 Å². The van der Waals surface area contributed by atoms with E-state index in [0.717, 1.165) is 48.0 Å². The van der Waals surface area contributed by atoms with Crippen molar-refractivity contribution in [3.8, 4) is 11.5 Å². The lowest BCUT2D eigenvalue weighted by atomic mass is 10.1. The Balaban J connectivity index is 1.07. The minimum Gasteiger partial charge on any atom is -0.403 e. The second kappa shape index (κ2) is 8.11. The van der Waals surface area contributed by atoms with Crippen LogP contribution in [0.3, 0.4) is 0 Å². The van der Waals surface area contributed by atoms with Crippen LogP contribution in [-0.2, 0) is 6.42 Å². The van der Waals surface area contributed by atoms with Crippen LogP contribution in [0.2, 0.25) is 5.02 Å². The molecule has 1 saturated heterocycles. The van der Waals surface area contributed by atoms with Crippen molar-refractivity contribution in [3.05, 3.63) is 58.6 Å². The molecule has 1 aromatic carbocycles. The highest BCUT2D eigenvalue weighted by atomic mass is 35.5. The van der Waals surface area contributed by atoms with E-state index < -0.39 is 0 Å². The van der Waals surface area contributed by atoms with Gasteiger partial charge in [-0.05, 0) is 42.9 Å². The summed E-state index contributed by atoms with van der Waals surface area (Å²) >= 11 is 5.93. The predicted molar refractivity (Wildman–Crippen MR) is 122 cm³/mol. The average Bonchev–Trinajstić information content (AvgIpc) is 3.35. The highest BCUT2D eigenvalue weighted by molar-refractivity contribution is 6.30. The molecule has 4 heterocycles. The van der Waals surface area contributed by atoms with Gasteiger partial charge in [0.1, 0.15) is 0 Å². The molecule has 168 valence electrons. The van der Waals surface area contributed by atoms with E-state index in [9.17, 15) is 0 Å². The number of aryl methyl sites for hydroxylation is 1. The normalized spacial score (nSPS) is 21.3. The maximum absolute atomic E-state index is 5.98. The summed E-state index contributed by atoms with van der Waals surface area (Å²) in [6, 6.07) is 8.37. The van der Waals surface area contributed by atoms with Crippen LogP contribution in [0.1, 0.15) is 22.9 Å². The van der Waals surface area contributed by atoms with E-state index in [1.165, 1.54) is 5.56 Å². The van der Waals surface area contributed by atoms with Crippen molar-refractivity contribution in [1.29, 1.82) is 0 Å². The number of halogens is 1. The van der Waals surface area contributed by atoms with Gasteiger partial charge in [-0.25, -0.2) is 9.97 Å². The van der Waals surface area contributed by atoms with Crippen LogP contribution in [0.25, 0.3) is 11.5 Å². The molecule has 3 atom stereocenters. The topological polar surface area (TPSA) is 122 Å². The number of nitrogens with one attached hydrogen (secondary N) is 2. The lowest BCUT2D eigenvalue weighted by Gasteiger charge is -2.15. The fraction of sp³-hybridized carbons (Fsp3) is 0.364. The van der Waals surface area contributed by atoms with Crippen LogP contribution in [-0.4, -0.2) is 55.2 Å².